The minimum absolute atomic E-state index is 0.0798. The third-order valence-corrected chi connectivity index (χ3v) is 3.98. The first kappa shape index (κ1) is 20.8. The Morgan fingerprint density at radius 1 is 1.07 bits per heavy atom. The Morgan fingerprint density at radius 2 is 1.78 bits per heavy atom. The van der Waals surface area contributed by atoms with Crippen molar-refractivity contribution in [1.29, 1.82) is 0 Å². The molecule has 0 bridgehead atoms. The zero-order valence-corrected chi connectivity index (χ0v) is 16.2. The number of halogens is 1. The molecular weight excluding hydrogens is 370 g/mol. The molecular formula is C19H24ClN3O4. The van der Waals surface area contributed by atoms with E-state index in [-0.39, 0.29) is 5.69 Å². The van der Waals surface area contributed by atoms with Crippen LogP contribution in [0, 0.1) is 10.1 Å². The first-order valence-electron chi connectivity index (χ1n) is 8.82. The summed E-state index contributed by atoms with van der Waals surface area (Å²) in [6.07, 6.45) is 0. The van der Waals surface area contributed by atoms with Gasteiger partial charge in [-0.3, -0.25) is 10.1 Å². The van der Waals surface area contributed by atoms with Gasteiger partial charge in [0.25, 0.3) is 5.69 Å². The van der Waals surface area contributed by atoms with E-state index >= 15 is 0 Å². The number of benzene rings is 2. The molecule has 0 unspecified atom stereocenters. The van der Waals surface area contributed by atoms with E-state index in [9.17, 15) is 10.1 Å². The minimum Gasteiger partial charge on any atom is -0.490 e. The van der Waals surface area contributed by atoms with Crippen molar-refractivity contribution in [1.82, 2.24) is 5.32 Å². The Kier molecular flexibility index (Phi) is 8.16. The zero-order valence-electron chi connectivity index (χ0n) is 15.5. The van der Waals surface area contributed by atoms with Crippen LogP contribution < -0.4 is 20.1 Å². The second-order valence-corrected chi connectivity index (χ2v) is 6.09. The lowest BCUT2D eigenvalue weighted by molar-refractivity contribution is -0.384. The minimum atomic E-state index is -0.413. The van der Waals surface area contributed by atoms with Crippen molar-refractivity contribution in [3.05, 3.63) is 57.1 Å². The van der Waals surface area contributed by atoms with Gasteiger partial charge in [-0.25, -0.2) is 0 Å². The molecule has 2 aromatic carbocycles. The van der Waals surface area contributed by atoms with Gasteiger partial charge in [0, 0.05) is 37.5 Å². The van der Waals surface area contributed by atoms with Crippen LogP contribution in [0.1, 0.15) is 19.4 Å². The smallest absolute Gasteiger partial charge is 0.269 e. The van der Waals surface area contributed by atoms with Gasteiger partial charge in [0.05, 0.1) is 23.2 Å². The number of nitro groups is 1. The number of nitrogens with one attached hydrogen (secondary N) is 2. The van der Waals surface area contributed by atoms with E-state index in [2.05, 4.69) is 10.6 Å². The molecule has 0 aliphatic carbocycles. The molecule has 0 fully saturated rings. The lowest BCUT2D eigenvalue weighted by Crippen LogP contribution is -2.21. The van der Waals surface area contributed by atoms with Crippen molar-refractivity contribution in [3.63, 3.8) is 0 Å². The largest absolute Gasteiger partial charge is 0.490 e. The van der Waals surface area contributed by atoms with Crippen LogP contribution in [-0.2, 0) is 6.54 Å². The summed E-state index contributed by atoms with van der Waals surface area (Å²) in [5.74, 6) is 1.22. The second kappa shape index (κ2) is 10.6. The van der Waals surface area contributed by atoms with Gasteiger partial charge in [-0.1, -0.05) is 11.6 Å². The van der Waals surface area contributed by atoms with Gasteiger partial charge in [-0.2, -0.15) is 0 Å². The van der Waals surface area contributed by atoms with E-state index < -0.39 is 4.92 Å². The summed E-state index contributed by atoms with van der Waals surface area (Å²) in [6, 6.07) is 10.1. The number of anilines is 1. The summed E-state index contributed by atoms with van der Waals surface area (Å²) in [4.78, 5) is 10.2. The van der Waals surface area contributed by atoms with Crippen molar-refractivity contribution >= 4 is 23.0 Å². The third-order valence-electron chi connectivity index (χ3n) is 3.70. The zero-order chi connectivity index (χ0) is 19.6. The lowest BCUT2D eigenvalue weighted by Gasteiger charge is -2.15. The SMILES string of the molecule is CCOc1cc(CNCCNc2ccc([N+](=O)[O-])cc2)cc(Cl)c1OCC. The fourth-order valence-corrected chi connectivity index (χ4v) is 2.79. The quantitative estimate of drug-likeness (QED) is 0.337. The van der Waals surface area contributed by atoms with E-state index in [1.54, 1.807) is 12.1 Å². The summed E-state index contributed by atoms with van der Waals surface area (Å²) in [5.41, 5.74) is 1.92. The summed E-state index contributed by atoms with van der Waals surface area (Å²) < 4.78 is 11.2. The summed E-state index contributed by atoms with van der Waals surface area (Å²) in [5, 5.41) is 17.7. The van der Waals surface area contributed by atoms with E-state index in [1.807, 2.05) is 26.0 Å². The Hall–Kier alpha value is -2.51. The molecule has 0 aromatic heterocycles. The third kappa shape index (κ3) is 6.30. The van der Waals surface area contributed by atoms with Crippen LogP contribution in [0.15, 0.2) is 36.4 Å². The molecule has 2 rings (SSSR count). The topological polar surface area (TPSA) is 85.7 Å². The first-order chi connectivity index (χ1) is 13.0. The fourth-order valence-electron chi connectivity index (χ4n) is 2.50. The number of nitro benzene ring substituents is 1. The average molecular weight is 394 g/mol. The van der Waals surface area contributed by atoms with Crippen LogP contribution in [-0.4, -0.2) is 31.2 Å². The number of non-ortho nitro benzene ring substituents is 1. The highest BCUT2D eigenvalue weighted by molar-refractivity contribution is 6.32. The molecule has 0 radical (unpaired) electrons. The molecule has 0 aliphatic rings. The number of hydrogen-bond donors (Lipinski definition) is 2. The van der Waals surface area contributed by atoms with Crippen molar-refractivity contribution < 1.29 is 14.4 Å². The maximum absolute atomic E-state index is 10.6. The van der Waals surface area contributed by atoms with Gasteiger partial charge >= 0.3 is 0 Å². The molecule has 27 heavy (non-hydrogen) atoms. The number of rotatable bonds is 11. The van der Waals surface area contributed by atoms with Crippen LogP contribution in [0.2, 0.25) is 5.02 Å². The van der Waals surface area contributed by atoms with Crippen molar-refractivity contribution in [2.75, 3.05) is 31.6 Å². The fraction of sp³-hybridized carbons (Fsp3) is 0.368. The maximum atomic E-state index is 10.6. The van der Waals surface area contributed by atoms with Gasteiger partial charge in [0.15, 0.2) is 11.5 Å². The normalized spacial score (nSPS) is 10.5. The predicted molar refractivity (Wildman–Crippen MR) is 107 cm³/mol. The Bertz CT molecular complexity index is 753. The second-order valence-electron chi connectivity index (χ2n) is 5.68. The highest BCUT2D eigenvalue weighted by atomic mass is 35.5. The lowest BCUT2D eigenvalue weighted by atomic mass is 10.2. The molecule has 7 nitrogen and oxygen atoms in total. The standard InChI is InChI=1S/C19H24ClN3O4/c1-3-26-18-12-14(11-17(20)19(18)27-4-2)13-21-9-10-22-15-5-7-16(8-6-15)23(24)25/h5-8,11-12,21-22H,3-4,9-10,13H2,1-2H3. The van der Waals surface area contributed by atoms with Crippen LogP contribution in [0.3, 0.4) is 0 Å². The molecule has 2 aromatic rings. The highest BCUT2D eigenvalue weighted by Crippen LogP contribution is 2.36. The highest BCUT2D eigenvalue weighted by Gasteiger charge is 2.12. The summed E-state index contributed by atoms with van der Waals surface area (Å²) in [7, 11) is 0. The molecule has 146 valence electrons. The molecule has 0 amide bonds. The van der Waals surface area contributed by atoms with Crippen molar-refractivity contribution in [2.24, 2.45) is 0 Å². The number of hydrogen-bond acceptors (Lipinski definition) is 6. The Labute approximate surface area is 163 Å². The molecule has 0 saturated carbocycles. The predicted octanol–water partition coefficient (Wildman–Crippen LogP) is 4.25. The van der Waals surface area contributed by atoms with E-state index in [0.717, 1.165) is 11.3 Å². The summed E-state index contributed by atoms with van der Waals surface area (Å²) in [6.45, 7) is 6.90. The number of ether oxygens (including phenoxy) is 2. The maximum Gasteiger partial charge on any atom is 0.269 e. The van der Waals surface area contributed by atoms with Gasteiger partial charge in [-0.15, -0.1) is 0 Å². The average Bonchev–Trinajstić information content (AvgIpc) is 2.65. The Morgan fingerprint density at radius 3 is 2.41 bits per heavy atom. The molecule has 8 heteroatoms. The first-order valence-corrected chi connectivity index (χ1v) is 9.20. The monoisotopic (exact) mass is 393 g/mol. The molecule has 0 spiro atoms. The van der Waals surface area contributed by atoms with E-state index in [0.29, 0.717) is 49.4 Å². The molecule has 0 atom stereocenters. The van der Waals surface area contributed by atoms with Crippen LogP contribution in [0.25, 0.3) is 0 Å². The van der Waals surface area contributed by atoms with Crippen molar-refractivity contribution in [3.8, 4) is 11.5 Å². The van der Waals surface area contributed by atoms with Gasteiger partial charge < -0.3 is 20.1 Å². The molecule has 0 aliphatic heterocycles. The van der Waals surface area contributed by atoms with E-state index in [1.165, 1.54) is 12.1 Å². The van der Waals surface area contributed by atoms with Crippen LogP contribution in [0.4, 0.5) is 11.4 Å². The van der Waals surface area contributed by atoms with Crippen LogP contribution >= 0.6 is 11.6 Å². The van der Waals surface area contributed by atoms with Gasteiger partial charge in [-0.05, 0) is 43.7 Å². The Balaban J connectivity index is 1.83. The number of nitrogens with zero attached hydrogens (tertiary/aromatic N) is 1. The summed E-state index contributed by atoms with van der Waals surface area (Å²) >= 11 is 6.31. The van der Waals surface area contributed by atoms with Crippen LogP contribution in [0.5, 0.6) is 11.5 Å². The van der Waals surface area contributed by atoms with Gasteiger partial charge in [0.1, 0.15) is 0 Å². The van der Waals surface area contributed by atoms with Gasteiger partial charge in [0.2, 0.25) is 0 Å². The molecule has 0 heterocycles. The van der Waals surface area contributed by atoms with E-state index in [4.69, 9.17) is 21.1 Å². The molecule has 2 N–H and O–H groups in total. The van der Waals surface area contributed by atoms with Crippen molar-refractivity contribution in [2.45, 2.75) is 20.4 Å². The molecule has 0 saturated heterocycles.